The Balaban J connectivity index is 1.54. The fourth-order valence-corrected chi connectivity index (χ4v) is 4.99. The van der Waals surface area contributed by atoms with Gasteiger partial charge >= 0.3 is 18.4 Å². The van der Waals surface area contributed by atoms with E-state index in [0.717, 1.165) is 23.8 Å². The van der Waals surface area contributed by atoms with Crippen molar-refractivity contribution < 1.29 is 50.5 Å². The number of halogens is 6. The number of unbranched alkanes of at least 4 members (excludes halogenated alkanes) is 1. The van der Waals surface area contributed by atoms with Gasteiger partial charge in [0.15, 0.2) is 0 Å². The van der Waals surface area contributed by atoms with Gasteiger partial charge in [-0.05, 0) is 61.2 Å². The van der Waals surface area contributed by atoms with Crippen LogP contribution in [0.25, 0.3) is 0 Å². The number of imide groups is 1. The number of hydrogen-bond acceptors (Lipinski definition) is 6. The molecule has 46 heavy (non-hydrogen) atoms. The average molecular weight is 654 g/mol. The molecule has 3 amide bonds. The Labute approximate surface area is 261 Å². The zero-order chi connectivity index (χ0) is 33.9. The van der Waals surface area contributed by atoms with Crippen LogP contribution in [-0.4, -0.2) is 45.9 Å². The number of nitrogens with one attached hydrogen (secondary N) is 1. The van der Waals surface area contributed by atoms with E-state index in [1.54, 1.807) is 38.1 Å². The molecule has 1 saturated heterocycles. The SMILES string of the molecule is CCCCOc1ccc(C2(C)NC(=O)N(Cc3cccc(Oc4ccc(C(O)(C(F)(F)F)C(F)(F)F)cc4CCC)n3)C2=O)cc1. The number of aromatic nitrogens is 1. The molecule has 1 aromatic heterocycles. The lowest BCUT2D eigenvalue weighted by molar-refractivity contribution is -0.376. The number of pyridine rings is 1. The molecule has 8 nitrogen and oxygen atoms in total. The number of rotatable bonds is 12. The lowest BCUT2D eigenvalue weighted by Gasteiger charge is -2.33. The summed E-state index contributed by atoms with van der Waals surface area (Å²) in [5, 5.41) is 12.5. The molecule has 0 spiro atoms. The largest absolute Gasteiger partial charge is 0.494 e. The van der Waals surface area contributed by atoms with Gasteiger partial charge in [0, 0.05) is 11.6 Å². The Bertz CT molecular complexity index is 1550. The van der Waals surface area contributed by atoms with Crippen LogP contribution in [0.3, 0.4) is 0 Å². The lowest BCUT2D eigenvalue weighted by Crippen LogP contribution is -2.53. The van der Waals surface area contributed by atoms with Gasteiger partial charge in [-0.3, -0.25) is 9.69 Å². The zero-order valence-electron chi connectivity index (χ0n) is 25.3. The van der Waals surface area contributed by atoms with E-state index in [0.29, 0.717) is 36.5 Å². The monoisotopic (exact) mass is 653 g/mol. The summed E-state index contributed by atoms with van der Waals surface area (Å²) in [6.07, 6.45) is -9.83. The molecule has 2 N–H and O–H groups in total. The zero-order valence-corrected chi connectivity index (χ0v) is 25.3. The number of amides is 3. The number of urea groups is 1. The van der Waals surface area contributed by atoms with Gasteiger partial charge in [-0.1, -0.05) is 51.0 Å². The normalized spacial score (nSPS) is 17.3. The van der Waals surface area contributed by atoms with E-state index in [4.69, 9.17) is 9.47 Å². The summed E-state index contributed by atoms with van der Waals surface area (Å²) >= 11 is 0. The Morgan fingerprint density at radius 2 is 1.61 bits per heavy atom. The fourth-order valence-electron chi connectivity index (χ4n) is 4.99. The number of ether oxygens (including phenoxy) is 2. The van der Waals surface area contributed by atoms with Crippen molar-refractivity contribution in [2.75, 3.05) is 6.61 Å². The van der Waals surface area contributed by atoms with Crippen LogP contribution < -0.4 is 14.8 Å². The highest BCUT2D eigenvalue weighted by Crippen LogP contribution is 2.50. The highest BCUT2D eigenvalue weighted by Gasteiger charge is 2.71. The molecule has 1 fully saturated rings. The molecule has 4 rings (SSSR count). The van der Waals surface area contributed by atoms with E-state index in [1.807, 2.05) is 6.92 Å². The molecule has 2 heterocycles. The molecule has 14 heteroatoms. The summed E-state index contributed by atoms with van der Waals surface area (Å²) in [5.41, 5.74) is -7.10. The molecule has 1 aliphatic rings. The molecule has 0 bridgehead atoms. The first-order valence-corrected chi connectivity index (χ1v) is 14.6. The van der Waals surface area contributed by atoms with Crippen LogP contribution >= 0.6 is 0 Å². The minimum absolute atomic E-state index is 0.0224. The van der Waals surface area contributed by atoms with Crippen LogP contribution in [0, 0.1) is 0 Å². The smallest absolute Gasteiger partial charge is 0.430 e. The number of carbonyl (C=O) groups is 2. The first kappa shape index (κ1) is 34.5. The number of nitrogens with zero attached hydrogens (tertiary/aromatic N) is 2. The molecule has 248 valence electrons. The van der Waals surface area contributed by atoms with Crippen molar-refractivity contribution >= 4 is 11.9 Å². The van der Waals surface area contributed by atoms with Gasteiger partial charge in [0.05, 0.1) is 18.8 Å². The van der Waals surface area contributed by atoms with E-state index in [1.165, 1.54) is 18.2 Å². The minimum atomic E-state index is -6.03. The molecule has 3 aromatic rings. The van der Waals surface area contributed by atoms with Crippen molar-refractivity contribution in [3.8, 4) is 17.4 Å². The second kappa shape index (κ2) is 13.2. The van der Waals surface area contributed by atoms with Gasteiger partial charge in [-0.25, -0.2) is 9.78 Å². The molecule has 1 unspecified atom stereocenters. The predicted octanol–water partition coefficient (Wildman–Crippen LogP) is 7.28. The molecule has 0 radical (unpaired) electrons. The van der Waals surface area contributed by atoms with Crippen LogP contribution in [0.4, 0.5) is 31.1 Å². The lowest BCUT2D eigenvalue weighted by atomic mass is 9.90. The third-order valence-electron chi connectivity index (χ3n) is 7.61. The van der Waals surface area contributed by atoms with Crippen LogP contribution in [0.5, 0.6) is 17.4 Å². The van der Waals surface area contributed by atoms with E-state index >= 15 is 0 Å². The van der Waals surface area contributed by atoms with Gasteiger partial charge in [0.2, 0.25) is 5.88 Å². The van der Waals surface area contributed by atoms with Crippen molar-refractivity contribution in [3.63, 3.8) is 0 Å². The van der Waals surface area contributed by atoms with E-state index in [-0.39, 0.29) is 35.9 Å². The maximum absolute atomic E-state index is 13.5. The van der Waals surface area contributed by atoms with Gasteiger partial charge in [-0.15, -0.1) is 0 Å². The number of aryl methyl sites for hydroxylation is 1. The molecule has 1 atom stereocenters. The fraction of sp³-hybridized carbons (Fsp3) is 0.406. The first-order valence-electron chi connectivity index (χ1n) is 14.6. The van der Waals surface area contributed by atoms with Crippen LogP contribution in [-0.2, 0) is 28.9 Å². The Morgan fingerprint density at radius 1 is 0.935 bits per heavy atom. The van der Waals surface area contributed by atoms with Gasteiger partial charge in [0.1, 0.15) is 17.0 Å². The summed E-state index contributed by atoms with van der Waals surface area (Å²) in [7, 11) is 0. The Hall–Kier alpha value is -4.33. The number of hydrogen-bond donors (Lipinski definition) is 2. The van der Waals surface area contributed by atoms with E-state index < -0.39 is 41.0 Å². The second-order valence-electron chi connectivity index (χ2n) is 11.0. The van der Waals surface area contributed by atoms with E-state index in [9.17, 15) is 41.0 Å². The number of alkyl halides is 6. The maximum atomic E-state index is 13.5. The van der Waals surface area contributed by atoms with Gasteiger partial charge in [0.25, 0.3) is 11.5 Å². The first-order chi connectivity index (χ1) is 21.5. The van der Waals surface area contributed by atoms with E-state index in [2.05, 4.69) is 10.3 Å². The molecule has 2 aromatic carbocycles. The summed E-state index contributed by atoms with van der Waals surface area (Å²) in [6.45, 7) is 5.59. The summed E-state index contributed by atoms with van der Waals surface area (Å²) in [4.78, 5) is 31.6. The topological polar surface area (TPSA) is 101 Å². The summed E-state index contributed by atoms with van der Waals surface area (Å²) in [6, 6.07) is 12.6. The Morgan fingerprint density at radius 3 is 2.22 bits per heavy atom. The third kappa shape index (κ3) is 6.76. The number of carbonyl (C=O) groups excluding carboxylic acids is 2. The van der Waals surface area contributed by atoms with Crippen LogP contribution in [0.1, 0.15) is 62.4 Å². The van der Waals surface area contributed by atoms with Gasteiger partial charge < -0.3 is 19.9 Å². The highest BCUT2D eigenvalue weighted by molar-refractivity contribution is 6.07. The maximum Gasteiger partial charge on any atom is 0.430 e. The Kier molecular flexibility index (Phi) is 9.90. The van der Waals surface area contributed by atoms with Crippen LogP contribution in [0.15, 0.2) is 60.7 Å². The van der Waals surface area contributed by atoms with Crippen molar-refractivity contribution in [1.29, 1.82) is 0 Å². The van der Waals surface area contributed by atoms with Crippen molar-refractivity contribution in [2.45, 2.75) is 76.5 Å². The standard InChI is InChI=1S/C32H33F6N3O5/c1-4-6-17-45-24-14-11-21(12-15-24)29(3)27(42)41(28(43)40-29)19-23-9-7-10-26(39-23)46-25-16-13-22(18-20(25)8-5-2)30(44,31(33,34)35)32(36,37)38/h7,9-16,18,44H,4-6,8,17,19H2,1-3H3,(H,40,43). The van der Waals surface area contributed by atoms with Crippen molar-refractivity contribution in [3.05, 3.63) is 83.0 Å². The molecule has 0 saturated carbocycles. The third-order valence-corrected chi connectivity index (χ3v) is 7.61. The molecule has 0 aliphatic carbocycles. The molecule has 1 aliphatic heterocycles. The molecular formula is C32H33F6N3O5. The number of benzene rings is 2. The quantitative estimate of drug-likeness (QED) is 0.121. The van der Waals surface area contributed by atoms with Gasteiger partial charge in [-0.2, -0.15) is 26.3 Å². The highest BCUT2D eigenvalue weighted by atomic mass is 19.4. The summed E-state index contributed by atoms with van der Waals surface area (Å²) in [5.74, 6) is -0.0684. The molecular weight excluding hydrogens is 620 g/mol. The predicted molar refractivity (Wildman–Crippen MR) is 154 cm³/mol. The van der Waals surface area contributed by atoms with Crippen LogP contribution in [0.2, 0.25) is 0 Å². The summed E-state index contributed by atoms with van der Waals surface area (Å²) < 4.78 is 92.2. The van der Waals surface area contributed by atoms with Crippen molar-refractivity contribution in [1.82, 2.24) is 15.2 Å². The second-order valence-corrected chi connectivity index (χ2v) is 11.0. The minimum Gasteiger partial charge on any atom is -0.494 e. The average Bonchev–Trinajstić information content (AvgIpc) is 3.21. The number of aliphatic hydroxyl groups is 1. The van der Waals surface area contributed by atoms with Crippen molar-refractivity contribution in [2.24, 2.45) is 0 Å².